The van der Waals surface area contributed by atoms with Crippen LogP contribution in [0.5, 0.6) is 0 Å². The second-order valence-electron chi connectivity index (χ2n) is 8.02. The molecule has 1 N–H and O–H groups in total. The summed E-state index contributed by atoms with van der Waals surface area (Å²) >= 11 is 0. The van der Waals surface area contributed by atoms with Crippen LogP contribution in [0.25, 0.3) is 10.9 Å². The molecule has 1 saturated heterocycles. The minimum atomic E-state index is -1.40. The summed E-state index contributed by atoms with van der Waals surface area (Å²) in [5.41, 5.74) is -0.359. The molecule has 3 rings (SSSR count). The Bertz CT molecular complexity index is 877. The minimum Gasteiger partial charge on any atom is -0.479 e. The van der Waals surface area contributed by atoms with Crippen molar-refractivity contribution in [1.29, 1.82) is 0 Å². The third-order valence-corrected chi connectivity index (χ3v) is 4.70. The number of hydrogen-bond acceptors (Lipinski definition) is 5. The highest BCUT2D eigenvalue weighted by Gasteiger charge is 2.48. The van der Waals surface area contributed by atoms with Crippen LogP contribution in [0.3, 0.4) is 0 Å². The number of para-hydroxylation sites is 1. The van der Waals surface area contributed by atoms with Gasteiger partial charge in [-0.15, -0.1) is 0 Å². The third-order valence-electron chi connectivity index (χ3n) is 4.70. The number of aromatic nitrogens is 1. The fourth-order valence-electron chi connectivity index (χ4n) is 3.25. The van der Waals surface area contributed by atoms with Gasteiger partial charge in [-0.1, -0.05) is 18.2 Å². The van der Waals surface area contributed by atoms with Crippen LogP contribution in [0.1, 0.15) is 27.7 Å². The van der Waals surface area contributed by atoms with E-state index in [0.717, 1.165) is 16.6 Å². The van der Waals surface area contributed by atoms with Crippen LogP contribution in [0.4, 0.5) is 10.5 Å². The van der Waals surface area contributed by atoms with Gasteiger partial charge in [0.2, 0.25) is 0 Å². The SMILES string of the molecule is CC(C)(C)OC(=O)N1CCN(c2cnc3ccccc3c2)CC1(C)C(=O)O. The Labute approximate surface area is 158 Å². The van der Waals surface area contributed by atoms with Gasteiger partial charge < -0.3 is 14.7 Å². The Balaban J connectivity index is 1.87. The first-order valence-electron chi connectivity index (χ1n) is 8.94. The highest BCUT2D eigenvalue weighted by molar-refractivity contribution is 5.86. The van der Waals surface area contributed by atoms with Crippen LogP contribution >= 0.6 is 0 Å². The predicted molar refractivity (Wildman–Crippen MR) is 103 cm³/mol. The van der Waals surface area contributed by atoms with E-state index >= 15 is 0 Å². The Hall–Kier alpha value is -2.83. The lowest BCUT2D eigenvalue weighted by Crippen LogP contribution is -2.66. The largest absolute Gasteiger partial charge is 0.479 e. The molecule has 27 heavy (non-hydrogen) atoms. The summed E-state index contributed by atoms with van der Waals surface area (Å²) in [4.78, 5) is 32.3. The quantitative estimate of drug-likeness (QED) is 0.873. The molecule has 1 fully saturated rings. The number of piperazine rings is 1. The first kappa shape index (κ1) is 18.9. The minimum absolute atomic E-state index is 0.154. The second-order valence-corrected chi connectivity index (χ2v) is 8.02. The Kier molecular flexibility index (Phi) is 4.71. The molecule has 0 bridgehead atoms. The normalized spacial score (nSPS) is 20.6. The standard InChI is InChI=1S/C20H25N3O4/c1-19(2,3)27-18(26)23-10-9-22(13-20(23,4)17(24)25)15-11-14-7-5-6-8-16(14)21-12-15/h5-8,11-12H,9-10,13H2,1-4H3,(H,24,25). The highest BCUT2D eigenvalue weighted by atomic mass is 16.6. The van der Waals surface area contributed by atoms with Gasteiger partial charge in [-0.05, 0) is 39.8 Å². The molecule has 0 spiro atoms. The van der Waals surface area contributed by atoms with Crippen LogP contribution in [-0.2, 0) is 9.53 Å². The average molecular weight is 371 g/mol. The summed E-state index contributed by atoms with van der Waals surface area (Å²) in [7, 11) is 0. The second kappa shape index (κ2) is 6.72. The van der Waals surface area contributed by atoms with Gasteiger partial charge in [0.1, 0.15) is 5.60 Å². The van der Waals surface area contributed by atoms with E-state index in [9.17, 15) is 14.7 Å². The molecule has 0 aliphatic carbocycles. The van der Waals surface area contributed by atoms with Crippen molar-refractivity contribution in [1.82, 2.24) is 9.88 Å². The van der Waals surface area contributed by atoms with E-state index in [2.05, 4.69) is 4.98 Å². The van der Waals surface area contributed by atoms with Crippen LogP contribution in [0, 0.1) is 0 Å². The average Bonchev–Trinajstić information content (AvgIpc) is 2.59. The first-order chi connectivity index (χ1) is 12.6. The van der Waals surface area contributed by atoms with Crippen LogP contribution < -0.4 is 4.90 Å². The van der Waals surface area contributed by atoms with Crippen LogP contribution in [-0.4, -0.2) is 57.8 Å². The Morgan fingerprint density at radius 1 is 1.22 bits per heavy atom. The van der Waals surface area contributed by atoms with E-state index in [-0.39, 0.29) is 13.1 Å². The van der Waals surface area contributed by atoms with Crippen LogP contribution in [0.15, 0.2) is 36.5 Å². The number of ether oxygens (including phenoxy) is 1. The number of aliphatic carboxylic acids is 1. The number of fused-ring (bicyclic) bond motifs is 1. The van der Waals surface area contributed by atoms with Gasteiger partial charge >= 0.3 is 12.1 Å². The van der Waals surface area contributed by atoms with E-state index in [4.69, 9.17) is 4.74 Å². The maximum absolute atomic E-state index is 12.6. The van der Waals surface area contributed by atoms with E-state index in [1.54, 1.807) is 33.9 Å². The van der Waals surface area contributed by atoms with Crippen LogP contribution in [0.2, 0.25) is 0 Å². The van der Waals surface area contributed by atoms with Crippen molar-refractivity contribution in [2.24, 2.45) is 0 Å². The van der Waals surface area contributed by atoms with Gasteiger partial charge in [0.15, 0.2) is 5.54 Å². The van der Waals surface area contributed by atoms with E-state index in [0.29, 0.717) is 6.54 Å². The van der Waals surface area contributed by atoms with Crippen molar-refractivity contribution in [2.45, 2.75) is 38.8 Å². The number of carbonyl (C=O) groups excluding carboxylic acids is 1. The lowest BCUT2D eigenvalue weighted by atomic mass is 9.96. The van der Waals surface area contributed by atoms with Crippen molar-refractivity contribution >= 4 is 28.7 Å². The molecule has 0 radical (unpaired) electrons. The Morgan fingerprint density at radius 2 is 1.93 bits per heavy atom. The molecule has 0 saturated carbocycles. The van der Waals surface area contributed by atoms with Crippen molar-refractivity contribution in [2.75, 3.05) is 24.5 Å². The zero-order chi connectivity index (χ0) is 19.8. The fraction of sp³-hybridized carbons (Fsp3) is 0.450. The van der Waals surface area contributed by atoms with Crippen molar-refractivity contribution in [3.8, 4) is 0 Å². The number of carbonyl (C=O) groups is 2. The fourth-order valence-corrected chi connectivity index (χ4v) is 3.25. The molecule has 144 valence electrons. The molecule has 2 aromatic rings. The molecule has 7 nitrogen and oxygen atoms in total. The van der Waals surface area contributed by atoms with Gasteiger partial charge in [0.05, 0.1) is 23.9 Å². The number of amides is 1. The summed E-state index contributed by atoms with van der Waals surface area (Å²) in [5.74, 6) is -1.06. The lowest BCUT2D eigenvalue weighted by Gasteiger charge is -2.46. The van der Waals surface area contributed by atoms with Gasteiger partial charge in [-0.2, -0.15) is 0 Å². The highest BCUT2D eigenvalue weighted by Crippen LogP contribution is 2.29. The summed E-state index contributed by atoms with van der Waals surface area (Å²) in [6.07, 6.45) is 1.14. The molecule has 7 heteroatoms. The molecule has 1 aliphatic rings. The molecular formula is C20H25N3O4. The van der Waals surface area contributed by atoms with Gasteiger partial charge in [-0.3, -0.25) is 9.88 Å². The van der Waals surface area contributed by atoms with Gasteiger partial charge in [0.25, 0.3) is 0 Å². The first-order valence-corrected chi connectivity index (χ1v) is 8.94. The molecule has 1 aromatic heterocycles. The van der Waals surface area contributed by atoms with Crippen molar-refractivity contribution < 1.29 is 19.4 Å². The lowest BCUT2D eigenvalue weighted by molar-refractivity contribution is -0.150. The summed E-state index contributed by atoms with van der Waals surface area (Å²) in [6.45, 7) is 7.76. The van der Waals surface area contributed by atoms with E-state index in [1.807, 2.05) is 35.2 Å². The number of benzene rings is 1. The van der Waals surface area contributed by atoms with E-state index < -0.39 is 23.2 Å². The van der Waals surface area contributed by atoms with Crippen molar-refractivity contribution in [3.63, 3.8) is 0 Å². The smallest absolute Gasteiger partial charge is 0.411 e. The van der Waals surface area contributed by atoms with E-state index in [1.165, 1.54) is 4.90 Å². The molecule has 1 amide bonds. The summed E-state index contributed by atoms with van der Waals surface area (Å²) < 4.78 is 5.41. The number of carboxylic acid groups (broad SMARTS) is 1. The number of carboxylic acids is 1. The molecule has 1 aliphatic heterocycles. The predicted octanol–water partition coefficient (Wildman–Crippen LogP) is 3.14. The number of pyridine rings is 1. The maximum atomic E-state index is 12.6. The number of rotatable bonds is 2. The maximum Gasteiger partial charge on any atom is 0.411 e. The Morgan fingerprint density at radius 3 is 2.59 bits per heavy atom. The zero-order valence-corrected chi connectivity index (χ0v) is 16.1. The van der Waals surface area contributed by atoms with Gasteiger partial charge in [-0.25, -0.2) is 9.59 Å². The molecule has 2 heterocycles. The molecule has 1 atom stereocenters. The van der Waals surface area contributed by atoms with Gasteiger partial charge in [0, 0.05) is 18.5 Å². The topological polar surface area (TPSA) is 83.0 Å². The molecule has 1 unspecified atom stereocenters. The molecule has 1 aromatic carbocycles. The number of hydrogen-bond donors (Lipinski definition) is 1. The zero-order valence-electron chi connectivity index (χ0n) is 16.1. The summed E-state index contributed by atoms with van der Waals surface area (Å²) in [5, 5.41) is 10.8. The monoisotopic (exact) mass is 371 g/mol. The number of anilines is 1. The number of nitrogens with zero attached hydrogens (tertiary/aromatic N) is 3. The third kappa shape index (κ3) is 3.82. The molecular weight excluding hydrogens is 346 g/mol. The van der Waals surface area contributed by atoms with Crippen molar-refractivity contribution in [3.05, 3.63) is 36.5 Å². The summed E-state index contributed by atoms with van der Waals surface area (Å²) in [6, 6.07) is 9.76.